The Labute approximate surface area is 122 Å². The van der Waals surface area contributed by atoms with Gasteiger partial charge in [-0.25, -0.2) is 9.59 Å². The van der Waals surface area contributed by atoms with E-state index >= 15 is 0 Å². The van der Waals surface area contributed by atoms with Crippen molar-refractivity contribution in [2.45, 2.75) is 12.5 Å². The molecule has 1 aliphatic rings. The van der Waals surface area contributed by atoms with Crippen LogP contribution in [0.1, 0.15) is 5.56 Å². The molecule has 1 aromatic rings. The number of nitrogens with one attached hydrogen (secondary N) is 1. The summed E-state index contributed by atoms with van der Waals surface area (Å²) in [7, 11) is 0. The molecule has 7 heteroatoms. The minimum atomic E-state index is -1.14. The molecule has 1 aromatic carbocycles. The highest BCUT2D eigenvalue weighted by Gasteiger charge is 2.25. The third-order valence-electron chi connectivity index (χ3n) is 3.31. The Bertz CT molecular complexity index is 514. The Hall–Kier alpha value is -2.28. The van der Waals surface area contributed by atoms with Crippen molar-refractivity contribution in [2.75, 3.05) is 26.3 Å². The summed E-state index contributed by atoms with van der Waals surface area (Å²) in [4.78, 5) is 24.8. The van der Waals surface area contributed by atoms with Gasteiger partial charge in [-0.05, 0) is 11.6 Å². The van der Waals surface area contributed by atoms with Gasteiger partial charge < -0.3 is 25.2 Å². The van der Waals surface area contributed by atoms with Crippen LogP contribution in [0.3, 0.4) is 0 Å². The fraction of sp³-hybridized carbons (Fsp3) is 0.429. The number of carbonyl (C=O) groups is 2. The van der Waals surface area contributed by atoms with Crippen molar-refractivity contribution in [1.82, 2.24) is 10.2 Å². The van der Waals surface area contributed by atoms with Gasteiger partial charge in [0.15, 0.2) is 0 Å². The monoisotopic (exact) mass is 294 g/mol. The van der Waals surface area contributed by atoms with Crippen LogP contribution in [-0.4, -0.2) is 59.5 Å². The highest BCUT2D eigenvalue weighted by Crippen LogP contribution is 2.17. The number of hydrogen-bond donors (Lipinski definition) is 3. The number of morpholine rings is 1. The number of carboxylic acids is 1. The van der Waals surface area contributed by atoms with Gasteiger partial charge in [0.05, 0.1) is 13.2 Å². The Morgan fingerprint density at radius 3 is 2.57 bits per heavy atom. The van der Waals surface area contributed by atoms with Gasteiger partial charge in [0.25, 0.3) is 0 Å². The maximum absolute atomic E-state index is 12.0. The minimum Gasteiger partial charge on any atom is -0.508 e. The van der Waals surface area contributed by atoms with Crippen LogP contribution in [0.5, 0.6) is 5.75 Å². The van der Waals surface area contributed by atoms with Crippen molar-refractivity contribution in [3.05, 3.63) is 29.8 Å². The molecular formula is C14H18N2O5. The van der Waals surface area contributed by atoms with Crippen molar-refractivity contribution < 1.29 is 24.5 Å². The second-order valence-corrected chi connectivity index (χ2v) is 4.77. The molecule has 2 rings (SSSR count). The van der Waals surface area contributed by atoms with Gasteiger partial charge in [0.1, 0.15) is 11.8 Å². The summed E-state index contributed by atoms with van der Waals surface area (Å²) in [5.41, 5.74) is 0.479. The molecule has 114 valence electrons. The van der Waals surface area contributed by atoms with Crippen LogP contribution in [0.2, 0.25) is 0 Å². The average Bonchev–Trinajstić information content (AvgIpc) is 2.49. The summed E-state index contributed by atoms with van der Waals surface area (Å²) in [6.07, 6.45) is 0.0259. The normalized spacial score (nSPS) is 16.3. The number of aliphatic carboxylic acids is 1. The fourth-order valence-corrected chi connectivity index (χ4v) is 2.11. The van der Waals surface area contributed by atoms with Gasteiger partial charge >= 0.3 is 12.0 Å². The Kier molecular flexibility index (Phi) is 4.99. The molecule has 7 nitrogen and oxygen atoms in total. The van der Waals surface area contributed by atoms with Crippen LogP contribution in [0.25, 0.3) is 0 Å². The Morgan fingerprint density at radius 1 is 1.29 bits per heavy atom. The maximum atomic E-state index is 12.0. The first kappa shape index (κ1) is 15.1. The smallest absolute Gasteiger partial charge is 0.326 e. The van der Waals surface area contributed by atoms with E-state index < -0.39 is 18.0 Å². The van der Waals surface area contributed by atoms with Crippen molar-refractivity contribution in [3.63, 3.8) is 0 Å². The summed E-state index contributed by atoms with van der Waals surface area (Å²) in [6.45, 7) is 1.78. The van der Waals surface area contributed by atoms with Crippen molar-refractivity contribution in [1.29, 1.82) is 0 Å². The van der Waals surface area contributed by atoms with Crippen LogP contribution in [0.4, 0.5) is 4.79 Å². The van der Waals surface area contributed by atoms with Crippen molar-refractivity contribution >= 4 is 12.0 Å². The van der Waals surface area contributed by atoms with Crippen LogP contribution in [0.15, 0.2) is 24.3 Å². The number of phenols is 1. The molecule has 0 saturated carbocycles. The molecule has 2 amide bonds. The number of benzene rings is 1. The van der Waals surface area contributed by atoms with Crippen LogP contribution in [-0.2, 0) is 16.0 Å². The minimum absolute atomic E-state index is 0.0179. The zero-order valence-electron chi connectivity index (χ0n) is 11.5. The molecule has 3 N–H and O–H groups in total. The molecule has 1 atom stereocenters. The maximum Gasteiger partial charge on any atom is 0.326 e. The van der Waals surface area contributed by atoms with Gasteiger partial charge in [-0.1, -0.05) is 18.2 Å². The summed E-state index contributed by atoms with van der Waals surface area (Å²) >= 11 is 0. The molecule has 1 saturated heterocycles. The molecule has 0 bridgehead atoms. The number of ether oxygens (including phenoxy) is 1. The molecule has 0 unspecified atom stereocenters. The molecule has 0 aromatic heterocycles. The first-order chi connectivity index (χ1) is 10.1. The molecule has 0 radical (unpaired) electrons. The van der Waals surface area contributed by atoms with Gasteiger partial charge in [-0.2, -0.15) is 0 Å². The zero-order chi connectivity index (χ0) is 15.2. The highest BCUT2D eigenvalue weighted by molar-refractivity contribution is 5.83. The van der Waals surface area contributed by atoms with E-state index in [-0.39, 0.29) is 12.2 Å². The molecule has 21 heavy (non-hydrogen) atoms. The first-order valence-electron chi connectivity index (χ1n) is 6.71. The Morgan fingerprint density at radius 2 is 1.95 bits per heavy atom. The van der Waals surface area contributed by atoms with Crippen molar-refractivity contribution in [2.24, 2.45) is 0 Å². The zero-order valence-corrected chi connectivity index (χ0v) is 11.5. The number of phenolic OH excluding ortho intramolecular Hbond substituents is 1. The summed E-state index contributed by atoms with van der Waals surface area (Å²) < 4.78 is 5.14. The second-order valence-electron chi connectivity index (χ2n) is 4.77. The van der Waals surface area contributed by atoms with E-state index in [0.717, 1.165) is 0 Å². The van der Waals surface area contributed by atoms with Gasteiger partial charge in [0, 0.05) is 19.5 Å². The van der Waals surface area contributed by atoms with E-state index in [4.69, 9.17) is 4.74 Å². The van der Waals surface area contributed by atoms with E-state index in [9.17, 15) is 19.8 Å². The molecule has 1 heterocycles. The third kappa shape index (κ3) is 4.09. The molecular weight excluding hydrogens is 276 g/mol. The SMILES string of the molecule is O=C(O)[C@H](Cc1ccccc1O)NC(=O)N1CCOCC1. The van der Waals surface area contributed by atoms with E-state index in [2.05, 4.69) is 5.32 Å². The van der Waals surface area contributed by atoms with E-state index in [0.29, 0.717) is 31.9 Å². The summed E-state index contributed by atoms with van der Waals surface area (Å²) in [5, 5.41) is 21.4. The number of hydrogen-bond acceptors (Lipinski definition) is 4. The summed E-state index contributed by atoms with van der Waals surface area (Å²) in [5.74, 6) is -1.12. The summed E-state index contributed by atoms with van der Waals surface area (Å²) in [6, 6.07) is 4.96. The molecule has 1 fully saturated rings. The number of rotatable bonds is 4. The number of urea groups is 1. The molecule has 1 aliphatic heterocycles. The lowest BCUT2D eigenvalue weighted by Gasteiger charge is -2.28. The number of amides is 2. The van der Waals surface area contributed by atoms with Gasteiger partial charge in [0.2, 0.25) is 0 Å². The lowest BCUT2D eigenvalue weighted by molar-refractivity contribution is -0.139. The van der Waals surface area contributed by atoms with Gasteiger partial charge in [-0.15, -0.1) is 0 Å². The average molecular weight is 294 g/mol. The third-order valence-corrected chi connectivity index (χ3v) is 3.31. The number of nitrogens with zero attached hydrogens (tertiary/aromatic N) is 1. The lowest BCUT2D eigenvalue weighted by Crippen LogP contribution is -2.51. The van der Waals surface area contributed by atoms with Crippen molar-refractivity contribution in [3.8, 4) is 5.75 Å². The van der Waals surface area contributed by atoms with Gasteiger partial charge in [-0.3, -0.25) is 0 Å². The lowest BCUT2D eigenvalue weighted by atomic mass is 10.1. The number of carbonyl (C=O) groups excluding carboxylic acids is 1. The second kappa shape index (κ2) is 6.94. The number of carboxylic acid groups (broad SMARTS) is 1. The Balaban J connectivity index is 2.00. The highest BCUT2D eigenvalue weighted by atomic mass is 16.5. The predicted molar refractivity (Wildman–Crippen MR) is 74.2 cm³/mol. The standard InChI is InChI=1S/C14H18N2O5/c17-12-4-2-1-3-10(12)9-11(13(18)19)15-14(20)16-5-7-21-8-6-16/h1-4,11,17H,5-9H2,(H,15,20)(H,18,19)/t11-/m0/s1. The quantitative estimate of drug-likeness (QED) is 0.748. The van der Waals surface area contributed by atoms with E-state index in [1.807, 2.05) is 0 Å². The fourth-order valence-electron chi connectivity index (χ4n) is 2.11. The van der Waals surface area contributed by atoms with E-state index in [1.165, 1.54) is 11.0 Å². The first-order valence-corrected chi connectivity index (χ1v) is 6.71. The largest absolute Gasteiger partial charge is 0.508 e. The molecule has 0 spiro atoms. The van der Waals surface area contributed by atoms with Crippen LogP contribution in [0, 0.1) is 0 Å². The van der Waals surface area contributed by atoms with Crippen LogP contribution < -0.4 is 5.32 Å². The van der Waals surface area contributed by atoms with Crippen LogP contribution >= 0.6 is 0 Å². The van der Waals surface area contributed by atoms with E-state index in [1.54, 1.807) is 18.2 Å². The number of para-hydroxylation sites is 1. The topological polar surface area (TPSA) is 99.1 Å². The predicted octanol–water partition coefficient (Wildman–Crippen LogP) is 0.430. The molecule has 0 aliphatic carbocycles. The number of aromatic hydroxyl groups is 1.